The molecule has 1 spiro atoms. The van der Waals surface area contributed by atoms with Crippen LogP contribution in [0.4, 0.5) is 5.69 Å². The van der Waals surface area contributed by atoms with E-state index in [1.807, 2.05) is 77.2 Å². The maximum atomic E-state index is 14.9. The molecule has 41 heavy (non-hydrogen) atoms. The van der Waals surface area contributed by atoms with Gasteiger partial charge in [0.15, 0.2) is 23.1 Å². The van der Waals surface area contributed by atoms with Crippen LogP contribution in [-0.4, -0.2) is 42.6 Å². The number of carbonyl (C=O) groups excluding carboxylic acids is 3. The summed E-state index contributed by atoms with van der Waals surface area (Å²) >= 11 is 1.33. The lowest BCUT2D eigenvalue weighted by atomic mass is 9.62. The van der Waals surface area contributed by atoms with Crippen molar-refractivity contribution in [2.75, 3.05) is 19.5 Å². The van der Waals surface area contributed by atoms with Crippen LogP contribution in [0.25, 0.3) is 6.08 Å². The quantitative estimate of drug-likeness (QED) is 0.302. The van der Waals surface area contributed by atoms with Gasteiger partial charge in [-0.05, 0) is 58.5 Å². The third-order valence-electron chi connectivity index (χ3n) is 8.55. The maximum Gasteiger partial charge on any atom is 0.238 e. The van der Waals surface area contributed by atoms with Crippen molar-refractivity contribution in [3.63, 3.8) is 0 Å². The number of thiophene rings is 1. The first-order valence-corrected chi connectivity index (χ1v) is 14.2. The SMILES string of the molecule is COc1ccc(C(=O)[C@@H]2[C@@H](C(=O)c3cccs3)N3C=Cc4ccccc4[C@@H]3[C@]23C(=O)Nc2ccccc23)cc1OC. The number of methoxy groups -OCH3 is 2. The van der Waals surface area contributed by atoms with Crippen LogP contribution >= 0.6 is 11.3 Å². The Morgan fingerprint density at radius 3 is 2.46 bits per heavy atom. The fourth-order valence-corrected chi connectivity index (χ4v) is 7.60. The normalized spacial score (nSPS) is 23.5. The minimum atomic E-state index is -1.38. The first-order valence-electron chi connectivity index (χ1n) is 13.3. The number of nitrogens with zero attached hydrogens (tertiary/aromatic N) is 1. The van der Waals surface area contributed by atoms with Crippen molar-refractivity contribution in [1.29, 1.82) is 0 Å². The van der Waals surface area contributed by atoms with Crippen molar-refractivity contribution in [3.05, 3.63) is 118 Å². The molecule has 4 atom stereocenters. The molecule has 0 bridgehead atoms. The van der Waals surface area contributed by atoms with Gasteiger partial charge < -0.3 is 19.7 Å². The Labute approximate surface area is 241 Å². The van der Waals surface area contributed by atoms with E-state index in [1.54, 1.807) is 24.3 Å². The van der Waals surface area contributed by atoms with Crippen molar-refractivity contribution in [3.8, 4) is 11.5 Å². The van der Waals surface area contributed by atoms with Crippen molar-refractivity contribution in [1.82, 2.24) is 4.90 Å². The molecule has 1 aromatic heterocycles. The number of hydrogen-bond acceptors (Lipinski definition) is 7. The molecule has 0 saturated carbocycles. The Kier molecular flexibility index (Phi) is 5.83. The highest BCUT2D eigenvalue weighted by Gasteiger charge is 2.70. The number of para-hydroxylation sites is 1. The van der Waals surface area contributed by atoms with Crippen LogP contribution in [-0.2, 0) is 10.2 Å². The molecule has 1 fully saturated rings. The maximum absolute atomic E-state index is 14.9. The number of benzene rings is 3. The van der Waals surface area contributed by atoms with Gasteiger partial charge in [-0.1, -0.05) is 48.5 Å². The lowest BCUT2D eigenvalue weighted by Gasteiger charge is -2.38. The molecule has 7 nitrogen and oxygen atoms in total. The third-order valence-corrected chi connectivity index (χ3v) is 9.44. The van der Waals surface area contributed by atoms with Gasteiger partial charge in [0.2, 0.25) is 5.91 Å². The lowest BCUT2D eigenvalue weighted by molar-refractivity contribution is -0.122. The molecule has 3 aliphatic rings. The summed E-state index contributed by atoms with van der Waals surface area (Å²) in [6, 6.07) is 22.4. The number of Topliss-reactive ketones (excluding diaryl/α,β-unsaturated/α-hetero) is 2. The minimum Gasteiger partial charge on any atom is -0.493 e. The minimum absolute atomic E-state index is 0.193. The van der Waals surface area contributed by atoms with E-state index < -0.39 is 23.4 Å². The van der Waals surface area contributed by atoms with Crippen LogP contribution in [0.1, 0.15) is 42.8 Å². The van der Waals surface area contributed by atoms with Gasteiger partial charge >= 0.3 is 0 Å². The highest BCUT2D eigenvalue weighted by Crippen LogP contribution is 2.62. The first-order chi connectivity index (χ1) is 20.0. The third kappa shape index (κ3) is 3.47. The number of anilines is 1. The van der Waals surface area contributed by atoms with E-state index in [2.05, 4.69) is 5.32 Å². The van der Waals surface area contributed by atoms with E-state index in [4.69, 9.17) is 9.47 Å². The second kappa shape index (κ2) is 9.45. The Morgan fingerprint density at radius 2 is 1.68 bits per heavy atom. The van der Waals surface area contributed by atoms with Crippen molar-refractivity contribution in [2.45, 2.75) is 17.5 Å². The fraction of sp³-hybridized carbons (Fsp3) is 0.182. The number of amides is 1. The largest absolute Gasteiger partial charge is 0.493 e. The fourth-order valence-electron chi connectivity index (χ4n) is 6.90. The molecule has 3 aliphatic heterocycles. The van der Waals surface area contributed by atoms with E-state index in [1.165, 1.54) is 25.6 Å². The van der Waals surface area contributed by atoms with Gasteiger partial charge in [0.05, 0.1) is 31.1 Å². The van der Waals surface area contributed by atoms with Gasteiger partial charge in [0.1, 0.15) is 11.5 Å². The summed E-state index contributed by atoms with van der Waals surface area (Å²) in [5.74, 6) is -0.964. The van der Waals surface area contributed by atoms with Gasteiger partial charge in [-0.2, -0.15) is 0 Å². The number of ketones is 2. The van der Waals surface area contributed by atoms with Crippen molar-refractivity contribution >= 4 is 40.6 Å². The molecule has 0 unspecified atom stereocenters. The molecule has 8 heteroatoms. The Bertz CT molecular complexity index is 1750. The Hall–Kier alpha value is -4.69. The van der Waals surface area contributed by atoms with Gasteiger partial charge in [0.25, 0.3) is 0 Å². The zero-order valence-electron chi connectivity index (χ0n) is 22.4. The number of carbonyl (C=O) groups is 3. The average Bonchev–Trinajstić information content (AvgIpc) is 3.73. The number of fused-ring (bicyclic) bond motifs is 6. The Balaban J connectivity index is 1.53. The number of hydrogen-bond donors (Lipinski definition) is 1. The zero-order chi connectivity index (χ0) is 28.3. The summed E-state index contributed by atoms with van der Waals surface area (Å²) in [7, 11) is 3.04. The van der Waals surface area contributed by atoms with Crippen LogP contribution in [0, 0.1) is 5.92 Å². The highest BCUT2D eigenvalue weighted by molar-refractivity contribution is 7.12. The summed E-state index contributed by atoms with van der Waals surface area (Å²) < 4.78 is 10.9. The molecule has 1 amide bonds. The van der Waals surface area contributed by atoms with Crippen LogP contribution in [0.3, 0.4) is 0 Å². The molecular weight excluding hydrogens is 536 g/mol. The molecule has 1 saturated heterocycles. The molecule has 7 rings (SSSR count). The lowest BCUT2D eigenvalue weighted by Crippen LogP contribution is -2.49. The van der Waals surface area contributed by atoms with Crippen LogP contribution in [0.5, 0.6) is 11.5 Å². The Morgan fingerprint density at radius 1 is 0.902 bits per heavy atom. The van der Waals surface area contributed by atoms with E-state index in [9.17, 15) is 14.4 Å². The van der Waals surface area contributed by atoms with Crippen molar-refractivity contribution < 1.29 is 23.9 Å². The highest BCUT2D eigenvalue weighted by atomic mass is 32.1. The predicted octanol–water partition coefficient (Wildman–Crippen LogP) is 5.75. The summed E-state index contributed by atoms with van der Waals surface area (Å²) in [5, 5.41) is 4.92. The van der Waals surface area contributed by atoms with E-state index in [0.717, 1.165) is 11.1 Å². The summed E-state index contributed by atoms with van der Waals surface area (Å²) in [6.45, 7) is 0. The molecule has 3 aromatic carbocycles. The van der Waals surface area contributed by atoms with Crippen LogP contribution in [0.2, 0.25) is 0 Å². The molecule has 0 radical (unpaired) electrons. The number of rotatable bonds is 6. The van der Waals surface area contributed by atoms with Gasteiger partial charge in [-0.3, -0.25) is 14.4 Å². The molecule has 4 aromatic rings. The zero-order valence-corrected chi connectivity index (χ0v) is 23.2. The smallest absolute Gasteiger partial charge is 0.238 e. The second-order valence-corrected chi connectivity index (χ2v) is 11.3. The molecule has 0 aliphatic carbocycles. The second-order valence-electron chi connectivity index (χ2n) is 10.4. The predicted molar refractivity (Wildman–Crippen MR) is 157 cm³/mol. The summed E-state index contributed by atoms with van der Waals surface area (Å²) in [4.78, 5) is 46.3. The number of nitrogens with one attached hydrogen (secondary N) is 1. The standard InChI is InChI=1S/C33H26N2O5S/c1-39-24-14-13-20(18-25(24)40-2)29(36)27-28(30(37)26-12-7-17-41-26)35-16-15-19-8-3-4-9-21(19)31(35)33(27)22-10-5-6-11-23(22)34-32(33)38/h3-18,27-28,31H,1-2H3,(H,34,38)/t27-,28-,31+,33+/m0/s1. The van der Waals surface area contributed by atoms with Gasteiger partial charge in [-0.15, -0.1) is 11.3 Å². The van der Waals surface area contributed by atoms with Gasteiger partial charge in [-0.25, -0.2) is 0 Å². The molecule has 204 valence electrons. The monoisotopic (exact) mass is 562 g/mol. The van der Waals surface area contributed by atoms with Crippen LogP contribution in [0.15, 0.2) is 90.4 Å². The van der Waals surface area contributed by atoms with Crippen molar-refractivity contribution in [2.24, 2.45) is 5.92 Å². The molecular formula is C33H26N2O5S. The topological polar surface area (TPSA) is 84.9 Å². The van der Waals surface area contributed by atoms with Gasteiger partial charge in [0, 0.05) is 17.5 Å². The molecule has 1 N–H and O–H groups in total. The molecule has 4 heterocycles. The van der Waals surface area contributed by atoms with E-state index in [-0.39, 0.29) is 17.5 Å². The van der Waals surface area contributed by atoms with E-state index >= 15 is 0 Å². The average molecular weight is 563 g/mol. The number of ether oxygens (including phenoxy) is 2. The van der Waals surface area contributed by atoms with E-state index in [0.29, 0.717) is 33.2 Å². The summed E-state index contributed by atoms with van der Waals surface area (Å²) in [6.07, 6.45) is 3.83. The summed E-state index contributed by atoms with van der Waals surface area (Å²) in [5.41, 5.74) is 2.18. The first kappa shape index (κ1) is 25.3. The van der Waals surface area contributed by atoms with Crippen LogP contribution < -0.4 is 14.8 Å².